The van der Waals surface area contributed by atoms with E-state index >= 15 is 0 Å². The highest BCUT2D eigenvalue weighted by molar-refractivity contribution is 9.10. The predicted octanol–water partition coefficient (Wildman–Crippen LogP) is 2.90. The molecule has 0 amide bonds. The number of halogens is 1. The van der Waals surface area contributed by atoms with Crippen LogP contribution in [-0.2, 0) is 4.79 Å². The number of rotatable bonds is 6. The topological polar surface area (TPSA) is 62.2 Å². The SMILES string of the molecule is CCCCC(Nc1ccncc1Br)C(=O)O. The van der Waals surface area contributed by atoms with Gasteiger partial charge in [0.05, 0.1) is 10.2 Å². The van der Waals surface area contributed by atoms with Gasteiger partial charge in [-0.25, -0.2) is 4.79 Å². The minimum atomic E-state index is -0.822. The molecule has 1 atom stereocenters. The van der Waals surface area contributed by atoms with Crippen molar-refractivity contribution < 1.29 is 9.90 Å². The van der Waals surface area contributed by atoms with Crippen molar-refractivity contribution in [3.8, 4) is 0 Å². The molecule has 0 spiro atoms. The van der Waals surface area contributed by atoms with Crippen LogP contribution >= 0.6 is 15.9 Å². The zero-order valence-electron chi connectivity index (χ0n) is 9.11. The number of nitrogens with zero attached hydrogens (tertiary/aromatic N) is 1. The third-order valence-electron chi connectivity index (χ3n) is 2.25. The fourth-order valence-electron chi connectivity index (χ4n) is 1.35. The van der Waals surface area contributed by atoms with Crippen molar-refractivity contribution in [2.75, 3.05) is 5.32 Å². The van der Waals surface area contributed by atoms with Crippen LogP contribution in [0.25, 0.3) is 0 Å². The van der Waals surface area contributed by atoms with Gasteiger partial charge in [0.15, 0.2) is 0 Å². The quantitative estimate of drug-likeness (QED) is 0.844. The summed E-state index contributed by atoms with van der Waals surface area (Å²) in [6, 6.07) is 1.21. The molecule has 0 saturated carbocycles. The molecule has 2 N–H and O–H groups in total. The van der Waals surface area contributed by atoms with Crippen LogP contribution in [0.3, 0.4) is 0 Å². The van der Waals surface area contributed by atoms with Crippen molar-refractivity contribution in [3.63, 3.8) is 0 Å². The van der Waals surface area contributed by atoms with Gasteiger partial charge in [0.1, 0.15) is 6.04 Å². The molecule has 1 aromatic heterocycles. The minimum Gasteiger partial charge on any atom is -0.480 e. The fourth-order valence-corrected chi connectivity index (χ4v) is 1.71. The highest BCUT2D eigenvalue weighted by Crippen LogP contribution is 2.21. The summed E-state index contributed by atoms with van der Waals surface area (Å²) in [6.45, 7) is 2.04. The van der Waals surface area contributed by atoms with Gasteiger partial charge < -0.3 is 10.4 Å². The molecule has 5 heteroatoms. The summed E-state index contributed by atoms with van der Waals surface area (Å²) in [5.41, 5.74) is 0.763. The standard InChI is InChI=1S/C11H15BrN2O2/c1-2-3-4-10(11(15)16)14-9-5-6-13-7-8(9)12/h5-7,10H,2-4H2,1H3,(H,13,14)(H,15,16). The number of carboxylic acids is 1. The number of pyridine rings is 1. The predicted molar refractivity (Wildman–Crippen MR) is 66.5 cm³/mol. The van der Waals surface area contributed by atoms with Crippen LogP contribution in [0.2, 0.25) is 0 Å². The molecule has 0 aliphatic heterocycles. The lowest BCUT2D eigenvalue weighted by Crippen LogP contribution is -2.29. The number of hydrogen-bond acceptors (Lipinski definition) is 3. The molecule has 0 aromatic carbocycles. The third kappa shape index (κ3) is 3.81. The van der Waals surface area contributed by atoms with Gasteiger partial charge in [0, 0.05) is 12.4 Å². The van der Waals surface area contributed by atoms with Gasteiger partial charge in [0.2, 0.25) is 0 Å². The molecule has 0 aliphatic carbocycles. The zero-order chi connectivity index (χ0) is 12.0. The van der Waals surface area contributed by atoms with Crippen LogP contribution in [0.5, 0.6) is 0 Å². The molecule has 0 bridgehead atoms. The highest BCUT2D eigenvalue weighted by Gasteiger charge is 2.17. The van der Waals surface area contributed by atoms with Crippen LogP contribution in [0.1, 0.15) is 26.2 Å². The number of hydrogen-bond donors (Lipinski definition) is 2. The van der Waals surface area contributed by atoms with Gasteiger partial charge >= 0.3 is 5.97 Å². The summed E-state index contributed by atoms with van der Waals surface area (Å²) in [4.78, 5) is 15.0. The lowest BCUT2D eigenvalue weighted by molar-refractivity contribution is -0.138. The first-order chi connectivity index (χ1) is 7.65. The zero-order valence-corrected chi connectivity index (χ0v) is 10.7. The number of nitrogens with one attached hydrogen (secondary N) is 1. The molecule has 1 unspecified atom stereocenters. The summed E-state index contributed by atoms with van der Waals surface area (Å²) in [5, 5.41) is 12.1. The van der Waals surface area contributed by atoms with Crippen LogP contribution in [-0.4, -0.2) is 22.1 Å². The van der Waals surface area contributed by atoms with E-state index in [0.29, 0.717) is 6.42 Å². The van der Waals surface area contributed by atoms with E-state index in [-0.39, 0.29) is 0 Å². The Kier molecular flexibility index (Phi) is 5.25. The maximum Gasteiger partial charge on any atom is 0.326 e. The minimum absolute atomic E-state index is 0.543. The monoisotopic (exact) mass is 286 g/mol. The maximum absolute atomic E-state index is 11.0. The van der Waals surface area contributed by atoms with E-state index in [1.807, 2.05) is 6.92 Å². The molecular weight excluding hydrogens is 272 g/mol. The first-order valence-corrected chi connectivity index (χ1v) is 6.03. The van der Waals surface area contributed by atoms with Crippen LogP contribution in [0, 0.1) is 0 Å². The van der Waals surface area contributed by atoms with Crippen LogP contribution in [0.4, 0.5) is 5.69 Å². The average molecular weight is 287 g/mol. The highest BCUT2D eigenvalue weighted by atomic mass is 79.9. The largest absolute Gasteiger partial charge is 0.480 e. The normalized spacial score (nSPS) is 12.1. The first kappa shape index (κ1) is 13.0. The van der Waals surface area contributed by atoms with Crippen LogP contribution in [0.15, 0.2) is 22.9 Å². The number of carbonyl (C=O) groups is 1. The van der Waals surface area contributed by atoms with E-state index in [1.54, 1.807) is 18.5 Å². The number of unbranched alkanes of at least 4 members (excludes halogenated alkanes) is 1. The van der Waals surface area contributed by atoms with E-state index in [2.05, 4.69) is 26.2 Å². The van der Waals surface area contributed by atoms with E-state index in [1.165, 1.54) is 0 Å². The van der Waals surface area contributed by atoms with E-state index in [9.17, 15) is 4.79 Å². The van der Waals surface area contributed by atoms with Gasteiger partial charge in [-0.3, -0.25) is 4.98 Å². The molecule has 0 fully saturated rings. The maximum atomic E-state index is 11.0. The Balaban J connectivity index is 2.68. The summed E-state index contributed by atoms with van der Waals surface area (Å²) < 4.78 is 0.776. The lowest BCUT2D eigenvalue weighted by atomic mass is 10.1. The van der Waals surface area contributed by atoms with Crippen molar-refractivity contribution in [3.05, 3.63) is 22.9 Å². The summed E-state index contributed by atoms with van der Waals surface area (Å²) in [7, 11) is 0. The van der Waals surface area contributed by atoms with E-state index < -0.39 is 12.0 Å². The molecule has 0 aliphatic rings. The second-order valence-electron chi connectivity index (χ2n) is 3.53. The molecule has 16 heavy (non-hydrogen) atoms. The fraction of sp³-hybridized carbons (Fsp3) is 0.455. The third-order valence-corrected chi connectivity index (χ3v) is 2.88. The Hall–Kier alpha value is -1.10. The van der Waals surface area contributed by atoms with Crippen molar-refractivity contribution in [2.45, 2.75) is 32.2 Å². The number of anilines is 1. The lowest BCUT2D eigenvalue weighted by Gasteiger charge is -2.16. The summed E-state index contributed by atoms with van der Waals surface area (Å²) in [5.74, 6) is -0.822. The Morgan fingerprint density at radius 1 is 1.69 bits per heavy atom. The Labute approximate surface area is 103 Å². The molecule has 1 aromatic rings. The molecule has 1 rings (SSSR count). The Bertz CT molecular complexity index is 358. The van der Waals surface area contributed by atoms with Crippen LogP contribution < -0.4 is 5.32 Å². The van der Waals surface area contributed by atoms with Gasteiger partial charge in [-0.2, -0.15) is 0 Å². The van der Waals surface area contributed by atoms with Crippen molar-refractivity contribution in [1.29, 1.82) is 0 Å². The van der Waals surface area contributed by atoms with Crippen molar-refractivity contribution >= 4 is 27.6 Å². The Morgan fingerprint density at radius 2 is 2.44 bits per heavy atom. The van der Waals surface area contributed by atoms with Gasteiger partial charge in [-0.1, -0.05) is 19.8 Å². The smallest absolute Gasteiger partial charge is 0.326 e. The molecule has 0 saturated heterocycles. The summed E-state index contributed by atoms with van der Waals surface area (Å²) in [6.07, 6.45) is 5.78. The molecule has 4 nitrogen and oxygen atoms in total. The molecular formula is C11H15BrN2O2. The van der Waals surface area contributed by atoms with Crippen molar-refractivity contribution in [2.24, 2.45) is 0 Å². The van der Waals surface area contributed by atoms with Gasteiger partial charge in [-0.05, 0) is 28.4 Å². The van der Waals surface area contributed by atoms with Crippen molar-refractivity contribution in [1.82, 2.24) is 4.98 Å². The summed E-state index contributed by atoms with van der Waals surface area (Å²) >= 11 is 3.32. The van der Waals surface area contributed by atoms with E-state index in [4.69, 9.17) is 5.11 Å². The molecule has 1 heterocycles. The number of aromatic nitrogens is 1. The second kappa shape index (κ2) is 6.48. The Morgan fingerprint density at radius 3 is 3.00 bits per heavy atom. The van der Waals surface area contributed by atoms with Gasteiger partial charge in [0.25, 0.3) is 0 Å². The number of aliphatic carboxylic acids is 1. The number of carboxylic acid groups (broad SMARTS) is 1. The second-order valence-corrected chi connectivity index (χ2v) is 4.39. The van der Waals surface area contributed by atoms with Gasteiger partial charge in [-0.15, -0.1) is 0 Å². The molecule has 0 radical (unpaired) electrons. The average Bonchev–Trinajstić information content (AvgIpc) is 2.26. The van der Waals surface area contributed by atoms with E-state index in [0.717, 1.165) is 23.0 Å². The molecule has 88 valence electrons. The first-order valence-electron chi connectivity index (χ1n) is 5.24.